The zero-order valence-corrected chi connectivity index (χ0v) is 16.9. The molecule has 2 rings (SSSR count). The van der Waals surface area contributed by atoms with E-state index >= 15 is 0 Å². The monoisotopic (exact) mass is 411 g/mol. The summed E-state index contributed by atoms with van der Waals surface area (Å²) in [5, 5.41) is 0.338. The van der Waals surface area contributed by atoms with Crippen LogP contribution in [0.4, 0.5) is 18.0 Å². The first-order valence-corrected chi connectivity index (χ1v) is 9.77. The van der Waals surface area contributed by atoms with Crippen LogP contribution in [0, 0.1) is 6.92 Å². The number of aryl methyl sites for hydroxylation is 1. The van der Waals surface area contributed by atoms with E-state index in [1.165, 1.54) is 13.0 Å². The standard InChI is InChI=1S/C13H12F3NO5S.2C2H6/c1-3-21-12(18)17-10-5-4-8(2)6-9(10)7-11(17)22-23(19,20)13(14,15)16;2*1-2/h4-7H,3H2,1-2H3;2*1-2H3. The predicted molar refractivity (Wildman–Crippen MR) is 97.4 cm³/mol. The summed E-state index contributed by atoms with van der Waals surface area (Å²) in [4.78, 5) is 11.9. The maximum atomic E-state index is 12.5. The molecule has 0 unspecified atom stereocenters. The molecule has 0 aliphatic heterocycles. The molecule has 0 spiro atoms. The highest BCUT2D eigenvalue weighted by Crippen LogP contribution is 2.31. The number of hydrogen-bond donors (Lipinski definition) is 0. The number of halogens is 3. The number of nitrogens with zero attached hydrogens (tertiary/aromatic N) is 1. The Kier molecular flexibility index (Phi) is 9.35. The second-order valence-corrected chi connectivity index (χ2v) is 6.10. The fourth-order valence-corrected chi connectivity index (χ4v) is 2.35. The molecular weight excluding hydrogens is 387 g/mol. The molecule has 0 aliphatic carbocycles. The topological polar surface area (TPSA) is 74.6 Å². The van der Waals surface area contributed by atoms with Gasteiger partial charge in [0.15, 0.2) is 0 Å². The Hall–Kier alpha value is -2.23. The molecule has 6 nitrogen and oxygen atoms in total. The molecule has 10 heteroatoms. The number of carbonyl (C=O) groups excluding carboxylic acids is 1. The van der Waals surface area contributed by atoms with Gasteiger partial charge in [0.05, 0.1) is 12.1 Å². The highest BCUT2D eigenvalue weighted by atomic mass is 32.2. The average molecular weight is 411 g/mol. The molecule has 1 aromatic carbocycles. The summed E-state index contributed by atoms with van der Waals surface area (Å²) in [5.74, 6) is -0.790. The number of alkyl halides is 3. The van der Waals surface area contributed by atoms with Crippen molar-refractivity contribution in [2.75, 3.05) is 6.61 Å². The second-order valence-electron chi connectivity index (χ2n) is 4.56. The fourth-order valence-electron chi connectivity index (χ4n) is 1.91. The molecule has 0 saturated carbocycles. The van der Waals surface area contributed by atoms with E-state index in [2.05, 4.69) is 4.18 Å². The lowest BCUT2D eigenvalue weighted by atomic mass is 10.2. The van der Waals surface area contributed by atoms with E-state index in [-0.39, 0.29) is 12.1 Å². The van der Waals surface area contributed by atoms with Crippen molar-refractivity contribution in [3.63, 3.8) is 0 Å². The van der Waals surface area contributed by atoms with Crippen LogP contribution in [-0.4, -0.2) is 31.2 Å². The van der Waals surface area contributed by atoms with Crippen LogP contribution in [0.5, 0.6) is 5.88 Å². The van der Waals surface area contributed by atoms with E-state index in [1.54, 1.807) is 19.1 Å². The largest absolute Gasteiger partial charge is 0.534 e. The third kappa shape index (κ3) is 5.88. The van der Waals surface area contributed by atoms with E-state index in [0.717, 1.165) is 11.6 Å². The lowest BCUT2D eigenvalue weighted by molar-refractivity contribution is -0.0502. The van der Waals surface area contributed by atoms with Gasteiger partial charge in [-0.25, -0.2) is 9.36 Å². The van der Waals surface area contributed by atoms with Gasteiger partial charge in [0.25, 0.3) is 0 Å². The minimum atomic E-state index is -5.91. The van der Waals surface area contributed by atoms with Gasteiger partial charge >= 0.3 is 21.7 Å². The first-order valence-electron chi connectivity index (χ1n) is 8.37. The van der Waals surface area contributed by atoms with Gasteiger partial charge < -0.3 is 8.92 Å². The van der Waals surface area contributed by atoms with Crippen molar-refractivity contribution in [1.82, 2.24) is 4.57 Å². The number of rotatable bonds is 3. The average Bonchev–Trinajstić information content (AvgIpc) is 2.93. The van der Waals surface area contributed by atoms with Gasteiger partial charge in [-0.2, -0.15) is 21.6 Å². The van der Waals surface area contributed by atoms with Crippen LogP contribution >= 0.6 is 0 Å². The van der Waals surface area contributed by atoms with Crippen LogP contribution in [-0.2, 0) is 14.9 Å². The van der Waals surface area contributed by atoms with Crippen LogP contribution in [0.2, 0.25) is 0 Å². The molecule has 27 heavy (non-hydrogen) atoms. The molecule has 0 amide bonds. The maximum Gasteiger partial charge on any atom is 0.534 e. The van der Waals surface area contributed by atoms with Crippen LogP contribution in [0.15, 0.2) is 24.3 Å². The van der Waals surface area contributed by atoms with E-state index < -0.39 is 27.6 Å². The molecule has 1 heterocycles. The molecule has 0 N–H and O–H groups in total. The van der Waals surface area contributed by atoms with Gasteiger partial charge in [0, 0.05) is 11.5 Å². The predicted octanol–water partition coefficient (Wildman–Crippen LogP) is 5.24. The molecule has 154 valence electrons. The summed E-state index contributed by atoms with van der Waals surface area (Å²) in [7, 11) is -5.91. The summed E-state index contributed by atoms with van der Waals surface area (Å²) in [6, 6.07) is 5.66. The maximum absolute atomic E-state index is 12.5. The van der Waals surface area contributed by atoms with Crippen molar-refractivity contribution in [2.45, 2.75) is 47.1 Å². The molecule has 0 bridgehead atoms. The minimum Gasteiger partial charge on any atom is -0.449 e. The van der Waals surface area contributed by atoms with Gasteiger partial charge in [0.1, 0.15) is 0 Å². The SMILES string of the molecule is CC.CC.CCOC(=O)n1c(OS(=O)(=O)C(F)(F)F)cc2cc(C)ccc21. The Bertz CT molecular complexity index is 857. The van der Waals surface area contributed by atoms with Gasteiger partial charge in [-0.3, -0.25) is 0 Å². The van der Waals surface area contributed by atoms with E-state index in [0.29, 0.717) is 9.95 Å². The van der Waals surface area contributed by atoms with Gasteiger partial charge in [-0.1, -0.05) is 39.3 Å². The Morgan fingerprint density at radius 1 is 1.11 bits per heavy atom. The summed E-state index contributed by atoms with van der Waals surface area (Å²) < 4.78 is 69.3. The number of hydrogen-bond acceptors (Lipinski definition) is 5. The van der Waals surface area contributed by atoms with E-state index in [4.69, 9.17) is 4.74 Å². The van der Waals surface area contributed by atoms with Crippen molar-refractivity contribution in [3.05, 3.63) is 29.8 Å². The number of fused-ring (bicyclic) bond motifs is 1. The molecule has 2 aromatic rings. The summed E-state index contributed by atoms with van der Waals surface area (Å²) in [5.41, 5.74) is -4.68. The van der Waals surface area contributed by atoms with Crippen LogP contribution in [0.1, 0.15) is 40.2 Å². The van der Waals surface area contributed by atoms with Crippen molar-refractivity contribution >= 4 is 27.1 Å². The quantitative estimate of drug-likeness (QED) is 0.510. The van der Waals surface area contributed by atoms with E-state index in [9.17, 15) is 26.4 Å². The second kappa shape index (κ2) is 10.2. The summed E-state index contributed by atoms with van der Waals surface area (Å²) in [6.45, 7) is 11.2. The van der Waals surface area contributed by atoms with Crippen LogP contribution in [0.3, 0.4) is 0 Å². The smallest absolute Gasteiger partial charge is 0.449 e. The Labute approximate surface area is 157 Å². The molecular formula is C17H24F3NO5S. The lowest BCUT2D eigenvalue weighted by Gasteiger charge is -2.11. The third-order valence-corrected chi connectivity index (χ3v) is 3.81. The summed E-state index contributed by atoms with van der Waals surface area (Å²) in [6.07, 6.45) is -1.04. The van der Waals surface area contributed by atoms with Gasteiger partial charge in [-0.15, -0.1) is 0 Å². The normalized spacial score (nSPS) is 11.0. The Morgan fingerprint density at radius 2 is 1.67 bits per heavy atom. The zero-order chi connectivity index (χ0) is 21.4. The number of benzene rings is 1. The highest BCUT2D eigenvalue weighted by molar-refractivity contribution is 7.87. The number of ether oxygens (including phenoxy) is 1. The van der Waals surface area contributed by atoms with Crippen LogP contribution in [0.25, 0.3) is 10.9 Å². The first-order chi connectivity index (χ1) is 12.6. The Morgan fingerprint density at radius 3 is 2.15 bits per heavy atom. The van der Waals surface area contributed by atoms with Gasteiger partial charge in [0.2, 0.25) is 5.88 Å². The highest BCUT2D eigenvalue weighted by Gasteiger charge is 2.49. The van der Waals surface area contributed by atoms with Gasteiger partial charge in [-0.05, 0) is 26.0 Å². The third-order valence-electron chi connectivity index (χ3n) is 2.85. The zero-order valence-electron chi connectivity index (χ0n) is 16.0. The molecule has 0 aliphatic rings. The van der Waals surface area contributed by atoms with Crippen molar-refractivity contribution in [3.8, 4) is 5.88 Å². The number of aromatic nitrogens is 1. The fraction of sp³-hybridized carbons (Fsp3) is 0.471. The van der Waals surface area contributed by atoms with Crippen LogP contribution < -0.4 is 4.18 Å². The number of carbonyl (C=O) groups is 1. The van der Waals surface area contributed by atoms with E-state index in [1.807, 2.05) is 27.7 Å². The Balaban J connectivity index is 0.00000158. The molecule has 0 saturated heterocycles. The molecule has 0 radical (unpaired) electrons. The summed E-state index contributed by atoms with van der Waals surface area (Å²) >= 11 is 0. The van der Waals surface area contributed by atoms with Crippen molar-refractivity contribution in [1.29, 1.82) is 0 Å². The minimum absolute atomic E-state index is 0.0458. The first kappa shape index (κ1) is 24.8. The van der Waals surface area contributed by atoms with Crippen molar-refractivity contribution < 1.29 is 35.3 Å². The molecule has 1 aromatic heterocycles. The van der Waals surface area contributed by atoms with Crippen molar-refractivity contribution in [2.24, 2.45) is 0 Å². The lowest BCUT2D eigenvalue weighted by Crippen LogP contribution is -2.29. The molecule has 0 atom stereocenters. The molecule has 0 fully saturated rings.